The van der Waals surface area contributed by atoms with Gasteiger partial charge in [0.1, 0.15) is 15.5 Å². The van der Waals surface area contributed by atoms with Crippen molar-refractivity contribution in [1.29, 1.82) is 0 Å². The number of nitrogens with one attached hydrogen (secondary N) is 1. The van der Waals surface area contributed by atoms with Crippen molar-refractivity contribution < 1.29 is 4.79 Å². The summed E-state index contributed by atoms with van der Waals surface area (Å²) in [6.45, 7) is 1.94. The Morgan fingerprint density at radius 3 is 2.62 bits per heavy atom. The van der Waals surface area contributed by atoms with Crippen LogP contribution < -0.4 is 11.1 Å². The monoisotopic (exact) mass is 360 g/mol. The lowest BCUT2D eigenvalue weighted by Crippen LogP contribution is -2.12. The Balaban J connectivity index is 1.68. The number of anilines is 2. The molecule has 0 aliphatic carbocycles. The molecule has 0 radical (unpaired) electrons. The Morgan fingerprint density at radius 1 is 1.08 bits per heavy atom. The van der Waals surface area contributed by atoms with E-state index in [0.29, 0.717) is 16.4 Å². The van der Waals surface area contributed by atoms with Crippen molar-refractivity contribution in [2.24, 2.45) is 0 Å². The highest BCUT2D eigenvalue weighted by molar-refractivity contribution is 7.21. The fourth-order valence-corrected chi connectivity index (χ4v) is 3.64. The number of aryl methyl sites for hydroxylation is 1. The topological polar surface area (TPSA) is 80.9 Å². The third kappa shape index (κ3) is 3.02. The van der Waals surface area contributed by atoms with Crippen LogP contribution in [0.15, 0.2) is 60.8 Å². The van der Waals surface area contributed by atoms with E-state index in [4.69, 9.17) is 5.73 Å². The van der Waals surface area contributed by atoms with E-state index < -0.39 is 0 Å². The summed E-state index contributed by atoms with van der Waals surface area (Å²) in [5, 5.41) is 3.57. The lowest BCUT2D eigenvalue weighted by molar-refractivity contribution is 0.103. The number of nitrogens with zero attached hydrogens (tertiary/aromatic N) is 2. The van der Waals surface area contributed by atoms with Gasteiger partial charge in [-0.2, -0.15) is 0 Å². The second-order valence-electron chi connectivity index (χ2n) is 5.94. The number of rotatable bonds is 3. The number of nitrogens with two attached hydrogens (primary N) is 1. The molecule has 0 fully saturated rings. The molecule has 0 aliphatic heterocycles. The number of thiophene rings is 1. The van der Waals surface area contributed by atoms with Gasteiger partial charge in [-0.05, 0) is 30.7 Å². The number of carbonyl (C=O) groups is 1. The highest BCUT2D eigenvalue weighted by atomic mass is 32.1. The average Bonchev–Trinajstić information content (AvgIpc) is 3.00. The molecule has 0 unspecified atom stereocenters. The molecule has 3 N–H and O–H groups in total. The van der Waals surface area contributed by atoms with Crippen LogP contribution in [0.25, 0.3) is 21.5 Å². The minimum absolute atomic E-state index is 0.275. The second kappa shape index (κ2) is 6.57. The van der Waals surface area contributed by atoms with Crippen LogP contribution in [-0.2, 0) is 0 Å². The Bertz CT molecular complexity index is 1090. The summed E-state index contributed by atoms with van der Waals surface area (Å²) in [5.74, 6) is 0.221. The molecule has 1 amide bonds. The van der Waals surface area contributed by atoms with Crippen molar-refractivity contribution >= 4 is 39.0 Å². The number of benzene rings is 1. The molecule has 6 heteroatoms. The maximum atomic E-state index is 12.6. The van der Waals surface area contributed by atoms with Gasteiger partial charge in [-0.25, -0.2) is 9.97 Å². The molecule has 4 rings (SSSR count). The molecule has 0 saturated carbocycles. The fourth-order valence-electron chi connectivity index (χ4n) is 2.65. The third-order valence-corrected chi connectivity index (χ3v) is 5.14. The van der Waals surface area contributed by atoms with E-state index in [0.717, 1.165) is 27.0 Å². The van der Waals surface area contributed by atoms with E-state index in [9.17, 15) is 4.79 Å². The molecule has 0 bridgehead atoms. The van der Waals surface area contributed by atoms with Crippen molar-refractivity contribution in [1.82, 2.24) is 9.97 Å². The minimum atomic E-state index is -0.275. The molecule has 26 heavy (non-hydrogen) atoms. The van der Waals surface area contributed by atoms with Crippen LogP contribution in [0, 0.1) is 6.92 Å². The van der Waals surface area contributed by atoms with Crippen LogP contribution in [-0.4, -0.2) is 15.9 Å². The van der Waals surface area contributed by atoms with Crippen molar-refractivity contribution in [3.8, 4) is 11.3 Å². The molecule has 5 nitrogen and oxygen atoms in total. The van der Waals surface area contributed by atoms with Crippen molar-refractivity contribution in [2.45, 2.75) is 6.92 Å². The lowest BCUT2D eigenvalue weighted by Gasteiger charge is -2.03. The molecule has 0 atom stereocenters. The molecule has 128 valence electrons. The maximum Gasteiger partial charge on any atom is 0.269 e. The first-order chi connectivity index (χ1) is 12.6. The number of carbonyl (C=O) groups excluding carboxylic acids is 1. The van der Waals surface area contributed by atoms with Gasteiger partial charge >= 0.3 is 0 Å². The smallest absolute Gasteiger partial charge is 0.269 e. The molecule has 3 heterocycles. The largest absolute Gasteiger partial charge is 0.397 e. The number of hydrogen-bond donors (Lipinski definition) is 2. The molecular formula is C20H16N4OS. The summed E-state index contributed by atoms with van der Waals surface area (Å²) in [6, 6.07) is 17.4. The molecule has 3 aromatic heterocycles. The highest BCUT2D eigenvalue weighted by Crippen LogP contribution is 2.34. The van der Waals surface area contributed by atoms with Gasteiger partial charge in [0.2, 0.25) is 0 Å². The number of pyridine rings is 2. The zero-order valence-electron chi connectivity index (χ0n) is 14.1. The Labute approximate surface area is 154 Å². The first kappa shape index (κ1) is 16.2. The highest BCUT2D eigenvalue weighted by Gasteiger charge is 2.18. The summed E-state index contributed by atoms with van der Waals surface area (Å²) >= 11 is 1.29. The molecular weight excluding hydrogens is 344 g/mol. The fraction of sp³-hybridized carbons (Fsp3) is 0.0500. The van der Waals surface area contributed by atoms with Gasteiger partial charge in [0, 0.05) is 17.1 Å². The van der Waals surface area contributed by atoms with Crippen molar-refractivity contribution in [2.75, 3.05) is 11.1 Å². The van der Waals surface area contributed by atoms with Crippen molar-refractivity contribution in [3.05, 3.63) is 71.2 Å². The van der Waals surface area contributed by atoms with Crippen LogP contribution in [0.2, 0.25) is 0 Å². The lowest BCUT2D eigenvalue weighted by atomic mass is 10.1. The number of nitrogen functional groups attached to an aromatic ring is 1. The molecule has 0 aliphatic rings. The predicted octanol–water partition coefficient (Wildman–Crippen LogP) is 4.50. The maximum absolute atomic E-state index is 12.6. The van der Waals surface area contributed by atoms with E-state index in [2.05, 4.69) is 15.3 Å². The van der Waals surface area contributed by atoms with Crippen LogP contribution in [0.1, 0.15) is 15.2 Å². The number of fused-ring (bicyclic) bond motifs is 1. The van der Waals surface area contributed by atoms with Gasteiger partial charge in [-0.1, -0.05) is 36.4 Å². The normalized spacial score (nSPS) is 10.8. The van der Waals surface area contributed by atoms with E-state index >= 15 is 0 Å². The van der Waals surface area contributed by atoms with E-state index in [1.807, 2.05) is 55.5 Å². The minimum Gasteiger partial charge on any atom is -0.397 e. The van der Waals surface area contributed by atoms with Gasteiger partial charge in [0.15, 0.2) is 0 Å². The molecule has 4 aromatic rings. The van der Waals surface area contributed by atoms with Crippen LogP contribution in [0.4, 0.5) is 11.5 Å². The SMILES string of the molecule is Cc1ccc(NC(=O)c2sc3nc(-c4ccccc4)ccc3c2N)nc1. The summed E-state index contributed by atoms with van der Waals surface area (Å²) in [7, 11) is 0. The molecule has 0 saturated heterocycles. The van der Waals surface area contributed by atoms with Gasteiger partial charge in [0.25, 0.3) is 5.91 Å². The third-order valence-electron chi connectivity index (χ3n) is 4.02. The van der Waals surface area contributed by atoms with Crippen LogP contribution >= 0.6 is 11.3 Å². The van der Waals surface area contributed by atoms with Crippen LogP contribution in [0.3, 0.4) is 0 Å². The molecule has 1 aromatic carbocycles. The predicted molar refractivity (Wildman–Crippen MR) is 106 cm³/mol. The summed E-state index contributed by atoms with van der Waals surface area (Å²) in [6.07, 6.45) is 1.71. The Hall–Kier alpha value is -3.25. The van der Waals surface area contributed by atoms with Gasteiger partial charge in [0.05, 0.1) is 11.4 Å². The van der Waals surface area contributed by atoms with Gasteiger partial charge < -0.3 is 11.1 Å². The Morgan fingerprint density at radius 2 is 1.88 bits per heavy atom. The first-order valence-corrected chi connectivity index (χ1v) is 8.92. The summed E-state index contributed by atoms with van der Waals surface area (Å²) in [5.41, 5.74) is 9.55. The number of hydrogen-bond acceptors (Lipinski definition) is 5. The van der Waals surface area contributed by atoms with Gasteiger partial charge in [-0.15, -0.1) is 11.3 Å². The van der Waals surface area contributed by atoms with Crippen molar-refractivity contribution in [3.63, 3.8) is 0 Å². The Kier molecular flexibility index (Phi) is 4.10. The van der Waals surface area contributed by atoms with Gasteiger partial charge in [-0.3, -0.25) is 4.79 Å². The zero-order valence-corrected chi connectivity index (χ0v) is 14.9. The number of aromatic nitrogens is 2. The second-order valence-corrected chi connectivity index (χ2v) is 6.93. The van der Waals surface area contributed by atoms with Crippen LogP contribution in [0.5, 0.6) is 0 Å². The van der Waals surface area contributed by atoms with E-state index in [1.54, 1.807) is 12.3 Å². The van der Waals surface area contributed by atoms with E-state index in [1.165, 1.54) is 11.3 Å². The zero-order chi connectivity index (χ0) is 18.1. The average molecular weight is 360 g/mol. The first-order valence-electron chi connectivity index (χ1n) is 8.10. The standard InChI is InChI=1S/C20H16N4OS/c1-12-7-10-16(22-11-12)24-19(25)18-17(21)14-8-9-15(23-20(14)26-18)13-5-3-2-4-6-13/h2-11H,21H2,1H3,(H,22,24,25). The summed E-state index contributed by atoms with van der Waals surface area (Å²) in [4.78, 5) is 22.7. The molecule has 0 spiro atoms. The number of amides is 1. The quantitative estimate of drug-likeness (QED) is 0.563. The van der Waals surface area contributed by atoms with E-state index in [-0.39, 0.29) is 5.91 Å². The summed E-state index contributed by atoms with van der Waals surface area (Å²) < 4.78 is 0.